The summed E-state index contributed by atoms with van der Waals surface area (Å²) < 4.78 is 5.46. The number of likely N-dealkylation sites (tertiary alicyclic amines) is 1. The first-order valence-corrected chi connectivity index (χ1v) is 7.46. The fourth-order valence-corrected chi connectivity index (χ4v) is 3.54. The predicted octanol–water partition coefficient (Wildman–Crippen LogP) is 1.89. The molecule has 0 spiro atoms. The first kappa shape index (κ1) is 13.4. The lowest BCUT2D eigenvalue weighted by Crippen LogP contribution is -2.33. The van der Waals surface area contributed by atoms with Crippen molar-refractivity contribution in [3.8, 4) is 5.75 Å². The molecule has 2 N–H and O–H groups in total. The average Bonchev–Trinajstić information content (AvgIpc) is 3.01. The van der Waals surface area contributed by atoms with E-state index in [0.717, 1.165) is 31.7 Å². The highest BCUT2D eigenvalue weighted by molar-refractivity contribution is 5.94. The van der Waals surface area contributed by atoms with Gasteiger partial charge in [0.05, 0.1) is 6.61 Å². The normalized spacial score (nSPS) is 28.5. The van der Waals surface area contributed by atoms with Crippen molar-refractivity contribution in [3.05, 3.63) is 29.8 Å². The van der Waals surface area contributed by atoms with Crippen molar-refractivity contribution >= 4 is 5.91 Å². The van der Waals surface area contributed by atoms with Gasteiger partial charge in [0, 0.05) is 24.7 Å². The van der Waals surface area contributed by atoms with Crippen LogP contribution in [0.25, 0.3) is 0 Å². The third-order valence-corrected chi connectivity index (χ3v) is 4.59. The topological polar surface area (TPSA) is 55.6 Å². The molecule has 0 bridgehead atoms. The Morgan fingerprint density at radius 2 is 2.25 bits per heavy atom. The van der Waals surface area contributed by atoms with E-state index in [1.807, 2.05) is 36.1 Å². The molecule has 3 atom stereocenters. The molecule has 0 aromatic heterocycles. The van der Waals surface area contributed by atoms with Crippen LogP contribution in [0.4, 0.5) is 0 Å². The van der Waals surface area contributed by atoms with Gasteiger partial charge in [0.2, 0.25) is 0 Å². The Balaban J connectivity index is 1.72. The summed E-state index contributed by atoms with van der Waals surface area (Å²) in [6, 6.07) is 7.72. The second kappa shape index (κ2) is 5.44. The minimum Gasteiger partial charge on any atom is -0.494 e. The minimum atomic E-state index is 0.105. The number of amides is 1. The Labute approximate surface area is 119 Å². The second-order valence-corrected chi connectivity index (χ2v) is 5.84. The van der Waals surface area contributed by atoms with Gasteiger partial charge in [-0.1, -0.05) is 6.07 Å². The Morgan fingerprint density at radius 1 is 1.40 bits per heavy atom. The van der Waals surface area contributed by atoms with Gasteiger partial charge in [-0.15, -0.1) is 0 Å². The molecule has 1 aliphatic carbocycles. The van der Waals surface area contributed by atoms with Gasteiger partial charge in [0.25, 0.3) is 5.91 Å². The molecular weight excluding hydrogens is 252 g/mol. The third kappa shape index (κ3) is 2.40. The van der Waals surface area contributed by atoms with Crippen LogP contribution in [0.1, 0.15) is 30.1 Å². The van der Waals surface area contributed by atoms with E-state index in [1.165, 1.54) is 0 Å². The maximum Gasteiger partial charge on any atom is 0.254 e. The van der Waals surface area contributed by atoms with Gasteiger partial charge in [-0.05, 0) is 49.8 Å². The van der Waals surface area contributed by atoms with E-state index in [1.54, 1.807) is 0 Å². The lowest BCUT2D eigenvalue weighted by atomic mass is 9.98. The zero-order chi connectivity index (χ0) is 14.1. The van der Waals surface area contributed by atoms with Crippen molar-refractivity contribution in [2.45, 2.75) is 25.8 Å². The predicted molar refractivity (Wildman–Crippen MR) is 77.7 cm³/mol. The summed E-state index contributed by atoms with van der Waals surface area (Å²) in [6.07, 6.45) is 2.27. The van der Waals surface area contributed by atoms with Crippen LogP contribution in [0, 0.1) is 11.8 Å². The molecule has 1 saturated heterocycles. The lowest BCUT2D eigenvalue weighted by Gasteiger charge is -2.19. The largest absolute Gasteiger partial charge is 0.494 e. The molecule has 108 valence electrons. The van der Waals surface area contributed by atoms with E-state index in [9.17, 15) is 4.79 Å². The second-order valence-electron chi connectivity index (χ2n) is 5.84. The van der Waals surface area contributed by atoms with Crippen LogP contribution in [0.15, 0.2) is 24.3 Å². The van der Waals surface area contributed by atoms with E-state index in [0.29, 0.717) is 24.0 Å². The number of nitrogens with zero attached hydrogens (tertiary/aromatic N) is 1. The number of hydrogen-bond acceptors (Lipinski definition) is 3. The summed E-state index contributed by atoms with van der Waals surface area (Å²) in [5, 5.41) is 0. The zero-order valence-electron chi connectivity index (χ0n) is 11.9. The van der Waals surface area contributed by atoms with Crippen LogP contribution < -0.4 is 10.5 Å². The van der Waals surface area contributed by atoms with E-state index in [-0.39, 0.29) is 11.9 Å². The highest BCUT2D eigenvalue weighted by atomic mass is 16.5. The van der Waals surface area contributed by atoms with Gasteiger partial charge < -0.3 is 15.4 Å². The summed E-state index contributed by atoms with van der Waals surface area (Å²) in [5.74, 6) is 1.96. The Bertz CT molecular complexity index is 503. The molecule has 1 aromatic rings. The van der Waals surface area contributed by atoms with Crippen molar-refractivity contribution < 1.29 is 9.53 Å². The van der Waals surface area contributed by atoms with E-state index in [4.69, 9.17) is 10.5 Å². The maximum absolute atomic E-state index is 12.6. The van der Waals surface area contributed by atoms with Crippen LogP contribution in [-0.4, -0.2) is 36.5 Å². The minimum absolute atomic E-state index is 0.105. The molecule has 1 heterocycles. The standard InChI is InChI=1S/C16H22N2O2/c1-2-20-13-5-3-4-11(8-13)16(19)18-9-12-6-7-15(17)14(12)10-18/h3-5,8,12,14-15H,2,6-7,9-10,17H2,1H3. The number of hydrogen-bond donors (Lipinski definition) is 1. The van der Waals surface area contributed by atoms with E-state index >= 15 is 0 Å². The molecule has 4 nitrogen and oxygen atoms in total. The van der Waals surface area contributed by atoms with Gasteiger partial charge in [-0.25, -0.2) is 0 Å². The fourth-order valence-electron chi connectivity index (χ4n) is 3.54. The van der Waals surface area contributed by atoms with Crippen molar-refractivity contribution in [1.82, 2.24) is 4.90 Å². The average molecular weight is 274 g/mol. The summed E-state index contributed by atoms with van der Waals surface area (Å²) in [7, 11) is 0. The lowest BCUT2D eigenvalue weighted by molar-refractivity contribution is 0.0779. The molecule has 4 heteroatoms. The molecule has 1 saturated carbocycles. The van der Waals surface area contributed by atoms with Gasteiger partial charge in [-0.2, -0.15) is 0 Å². The third-order valence-electron chi connectivity index (χ3n) is 4.59. The zero-order valence-corrected chi connectivity index (χ0v) is 11.9. The van der Waals surface area contributed by atoms with Crippen LogP contribution in [0.2, 0.25) is 0 Å². The van der Waals surface area contributed by atoms with Gasteiger partial charge in [-0.3, -0.25) is 4.79 Å². The Morgan fingerprint density at radius 3 is 3.00 bits per heavy atom. The van der Waals surface area contributed by atoms with Crippen LogP contribution in [0.3, 0.4) is 0 Å². The SMILES string of the molecule is CCOc1cccc(C(=O)N2CC3CCC(N)C3C2)c1. The highest BCUT2D eigenvalue weighted by Gasteiger charge is 2.42. The molecule has 3 rings (SSSR count). The summed E-state index contributed by atoms with van der Waals surface area (Å²) in [5.41, 5.74) is 6.84. The number of carbonyl (C=O) groups excluding carboxylic acids is 1. The smallest absolute Gasteiger partial charge is 0.254 e. The number of benzene rings is 1. The number of ether oxygens (including phenoxy) is 1. The van der Waals surface area contributed by atoms with E-state index < -0.39 is 0 Å². The monoisotopic (exact) mass is 274 g/mol. The first-order chi connectivity index (χ1) is 9.69. The summed E-state index contributed by atoms with van der Waals surface area (Å²) >= 11 is 0. The van der Waals surface area contributed by atoms with Gasteiger partial charge >= 0.3 is 0 Å². The first-order valence-electron chi connectivity index (χ1n) is 7.46. The molecule has 2 fully saturated rings. The van der Waals surface area contributed by atoms with E-state index in [2.05, 4.69) is 0 Å². The number of carbonyl (C=O) groups is 1. The molecule has 1 aliphatic heterocycles. The summed E-state index contributed by atoms with van der Waals surface area (Å²) in [6.45, 7) is 4.22. The Hall–Kier alpha value is -1.55. The number of nitrogens with two attached hydrogens (primary N) is 1. The molecular formula is C16H22N2O2. The number of rotatable bonds is 3. The van der Waals surface area contributed by atoms with Crippen molar-refractivity contribution in [2.75, 3.05) is 19.7 Å². The Kier molecular flexibility index (Phi) is 3.66. The van der Waals surface area contributed by atoms with Crippen LogP contribution in [0.5, 0.6) is 5.75 Å². The highest BCUT2D eigenvalue weighted by Crippen LogP contribution is 2.37. The van der Waals surface area contributed by atoms with Crippen LogP contribution in [-0.2, 0) is 0 Å². The van der Waals surface area contributed by atoms with Crippen molar-refractivity contribution in [2.24, 2.45) is 17.6 Å². The van der Waals surface area contributed by atoms with Gasteiger partial charge in [0.1, 0.15) is 5.75 Å². The maximum atomic E-state index is 12.6. The molecule has 3 unspecified atom stereocenters. The quantitative estimate of drug-likeness (QED) is 0.916. The molecule has 2 aliphatic rings. The number of fused-ring (bicyclic) bond motifs is 1. The molecule has 20 heavy (non-hydrogen) atoms. The van der Waals surface area contributed by atoms with Gasteiger partial charge in [0.15, 0.2) is 0 Å². The van der Waals surface area contributed by atoms with Crippen molar-refractivity contribution in [1.29, 1.82) is 0 Å². The molecule has 0 radical (unpaired) electrons. The molecule has 1 amide bonds. The van der Waals surface area contributed by atoms with Crippen molar-refractivity contribution in [3.63, 3.8) is 0 Å². The van der Waals surface area contributed by atoms with Crippen LogP contribution >= 0.6 is 0 Å². The summed E-state index contributed by atoms with van der Waals surface area (Å²) in [4.78, 5) is 14.5. The molecule has 1 aromatic carbocycles. The fraction of sp³-hybridized carbons (Fsp3) is 0.562.